The Morgan fingerprint density at radius 3 is 2.25 bits per heavy atom. The molecule has 5 nitrogen and oxygen atoms in total. The molecule has 0 radical (unpaired) electrons. The Morgan fingerprint density at radius 1 is 1.11 bits per heavy atom. The van der Waals surface area contributed by atoms with Crippen molar-refractivity contribution in [1.82, 2.24) is 9.62 Å². The smallest absolute Gasteiger partial charge is 0.243 e. The van der Waals surface area contributed by atoms with Crippen molar-refractivity contribution in [2.24, 2.45) is 5.92 Å². The Bertz CT molecular complexity index is 925. The van der Waals surface area contributed by atoms with Crippen LogP contribution in [0, 0.1) is 5.92 Å². The number of hydrogen-bond donors (Lipinski definition) is 1. The highest BCUT2D eigenvalue weighted by molar-refractivity contribution is 9.10. The molecule has 0 aromatic heterocycles. The molecule has 8 heteroatoms. The van der Waals surface area contributed by atoms with Gasteiger partial charge in [-0.1, -0.05) is 39.7 Å². The van der Waals surface area contributed by atoms with Crippen LogP contribution >= 0.6 is 27.5 Å². The molecule has 0 bridgehead atoms. The minimum Gasteiger partial charge on any atom is -0.349 e. The van der Waals surface area contributed by atoms with Crippen LogP contribution in [0.25, 0.3) is 0 Å². The van der Waals surface area contributed by atoms with Crippen molar-refractivity contribution >= 4 is 43.5 Å². The highest BCUT2D eigenvalue weighted by Gasteiger charge is 2.32. The van der Waals surface area contributed by atoms with Gasteiger partial charge in [-0.2, -0.15) is 4.31 Å². The zero-order valence-electron chi connectivity index (χ0n) is 15.4. The topological polar surface area (TPSA) is 66.5 Å². The average molecular weight is 486 g/mol. The molecule has 2 aromatic carbocycles. The molecule has 3 rings (SSSR count). The van der Waals surface area contributed by atoms with E-state index in [0.717, 1.165) is 10.0 Å². The number of nitrogens with zero attached hydrogens (tertiary/aromatic N) is 1. The molecule has 1 fully saturated rings. The first kappa shape index (κ1) is 21.3. The molecule has 1 atom stereocenters. The van der Waals surface area contributed by atoms with E-state index in [1.54, 1.807) is 36.4 Å². The van der Waals surface area contributed by atoms with Crippen LogP contribution in [0.4, 0.5) is 0 Å². The zero-order valence-corrected chi connectivity index (χ0v) is 18.6. The van der Waals surface area contributed by atoms with Crippen molar-refractivity contribution < 1.29 is 13.2 Å². The van der Waals surface area contributed by atoms with E-state index in [9.17, 15) is 13.2 Å². The molecule has 0 aliphatic carbocycles. The van der Waals surface area contributed by atoms with Crippen molar-refractivity contribution in [2.45, 2.75) is 30.7 Å². The predicted molar refractivity (Wildman–Crippen MR) is 114 cm³/mol. The number of benzene rings is 2. The molecule has 150 valence electrons. The summed E-state index contributed by atoms with van der Waals surface area (Å²) >= 11 is 9.22. The number of halogens is 2. The van der Waals surface area contributed by atoms with Crippen molar-refractivity contribution in [2.75, 3.05) is 13.1 Å². The van der Waals surface area contributed by atoms with Crippen LogP contribution < -0.4 is 5.32 Å². The minimum absolute atomic E-state index is 0.0388. The van der Waals surface area contributed by atoms with Crippen LogP contribution in [0.2, 0.25) is 5.02 Å². The van der Waals surface area contributed by atoms with Crippen LogP contribution in [-0.4, -0.2) is 31.7 Å². The van der Waals surface area contributed by atoms with Crippen LogP contribution in [0.1, 0.15) is 31.4 Å². The molecule has 1 aliphatic heterocycles. The minimum atomic E-state index is -3.53. The van der Waals surface area contributed by atoms with Gasteiger partial charge in [0.25, 0.3) is 0 Å². The van der Waals surface area contributed by atoms with Gasteiger partial charge >= 0.3 is 0 Å². The predicted octanol–water partition coefficient (Wildman–Crippen LogP) is 4.38. The van der Waals surface area contributed by atoms with Crippen molar-refractivity contribution in [1.29, 1.82) is 0 Å². The summed E-state index contributed by atoms with van der Waals surface area (Å²) in [7, 11) is -3.53. The monoisotopic (exact) mass is 484 g/mol. The van der Waals surface area contributed by atoms with Crippen LogP contribution in [-0.2, 0) is 14.8 Å². The molecule has 28 heavy (non-hydrogen) atoms. The van der Waals surface area contributed by atoms with E-state index in [1.165, 1.54) is 4.31 Å². The van der Waals surface area contributed by atoms with E-state index < -0.39 is 10.0 Å². The van der Waals surface area contributed by atoms with E-state index in [2.05, 4.69) is 21.2 Å². The summed E-state index contributed by atoms with van der Waals surface area (Å²) in [5.74, 6) is -0.228. The largest absolute Gasteiger partial charge is 0.349 e. The van der Waals surface area contributed by atoms with Crippen molar-refractivity contribution in [3.8, 4) is 0 Å². The quantitative estimate of drug-likeness (QED) is 0.683. The fourth-order valence-corrected chi connectivity index (χ4v) is 5.14. The van der Waals surface area contributed by atoms with Gasteiger partial charge in [0, 0.05) is 28.5 Å². The molecular formula is C20H22BrClN2O3S. The van der Waals surface area contributed by atoms with Crippen LogP contribution in [0.15, 0.2) is 57.9 Å². The summed E-state index contributed by atoms with van der Waals surface area (Å²) in [5, 5.41) is 3.68. The maximum Gasteiger partial charge on any atom is 0.243 e. The Hall–Kier alpha value is -1.41. The van der Waals surface area contributed by atoms with Gasteiger partial charge in [0.05, 0.1) is 10.9 Å². The average Bonchev–Trinajstić information content (AvgIpc) is 2.69. The highest BCUT2D eigenvalue weighted by Crippen LogP contribution is 2.26. The lowest BCUT2D eigenvalue weighted by Gasteiger charge is -2.31. The number of hydrogen-bond acceptors (Lipinski definition) is 3. The third kappa shape index (κ3) is 4.95. The number of rotatable bonds is 5. The summed E-state index contributed by atoms with van der Waals surface area (Å²) in [6, 6.07) is 13.8. The maximum absolute atomic E-state index is 12.8. The molecule has 0 unspecified atom stereocenters. The maximum atomic E-state index is 12.8. The number of sulfonamides is 1. The van der Waals surface area contributed by atoms with Gasteiger partial charge in [0.1, 0.15) is 0 Å². The Labute approximate surface area is 179 Å². The fourth-order valence-electron chi connectivity index (χ4n) is 3.28. The molecule has 0 spiro atoms. The van der Waals surface area contributed by atoms with Gasteiger partial charge in [-0.05, 0) is 61.7 Å². The molecule has 2 aromatic rings. The normalized spacial score (nSPS) is 17.2. The van der Waals surface area contributed by atoms with Crippen LogP contribution in [0.3, 0.4) is 0 Å². The molecular weight excluding hydrogens is 464 g/mol. The van der Waals surface area contributed by atoms with Gasteiger partial charge in [0.15, 0.2) is 0 Å². The second kappa shape index (κ2) is 8.95. The van der Waals surface area contributed by atoms with E-state index >= 15 is 0 Å². The summed E-state index contributed by atoms with van der Waals surface area (Å²) in [4.78, 5) is 12.9. The third-order valence-corrected chi connectivity index (χ3v) is 7.70. The third-order valence-electron chi connectivity index (χ3n) is 5.00. The Morgan fingerprint density at radius 2 is 1.68 bits per heavy atom. The summed E-state index contributed by atoms with van der Waals surface area (Å²) in [5.41, 5.74) is 0.980. The van der Waals surface area contributed by atoms with Crippen LogP contribution in [0.5, 0.6) is 0 Å². The fraction of sp³-hybridized carbons (Fsp3) is 0.350. The zero-order chi connectivity index (χ0) is 20.3. The summed E-state index contributed by atoms with van der Waals surface area (Å²) in [6.45, 7) is 2.60. The number of piperidine rings is 1. The number of carbonyl (C=O) groups excluding carboxylic acids is 1. The highest BCUT2D eigenvalue weighted by atomic mass is 79.9. The Kier molecular flexibility index (Phi) is 6.81. The summed E-state index contributed by atoms with van der Waals surface area (Å²) in [6.07, 6.45) is 1.02. The first-order valence-corrected chi connectivity index (χ1v) is 11.7. The van der Waals surface area contributed by atoms with E-state index in [-0.39, 0.29) is 22.8 Å². The second-order valence-electron chi connectivity index (χ2n) is 6.91. The molecule has 1 heterocycles. The lowest BCUT2D eigenvalue weighted by molar-refractivity contribution is -0.126. The first-order chi connectivity index (χ1) is 13.3. The number of carbonyl (C=O) groups is 1. The van der Waals surface area contributed by atoms with Gasteiger partial charge in [0.2, 0.25) is 15.9 Å². The first-order valence-electron chi connectivity index (χ1n) is 9.09. The molecule has 1 N–H and O–H groups in total. The second-order valence-corrected chi connectivity index (χ2v) is 10.2. The van der Waals surface area contributed by atoms with Crippen molar-refractivity contribution in [3.05, 3.63) is 63.6 Å². The van der Waals surface area contributed by atoms with Gasteiger partial charge in [-0.25, -0.2) is 8.42 Å². The lowest BCUT2D eigenvalue weighted by atomic mass is 9.96. The molecule has 1 amide bonds. The number of amides is 1. The van der Waals surface area contributed by atoms with Gasteiger partial charge in [-0.3, -0.25) is 4.79 Å². The summed E-state index contributed by atoms with van der Waals surface area (Å²) < 4.78 is 27.8. The SMILES string of the molecule is C[C@H](NC(=O)C1CCN(S(=O)(=O)c2ccc(Br)cc2)CC1)c1ccc(Cl)cc1. The molecule has 0 saturated carbocycles. The van der Waals surface area contributed by atoms with E-state index in [4.69, 9.17) is 11.6 Å². The van der Waals surface area contributed by atoms with Gasteiger partial charge in [-0.15, -0.1) is 0 Å². The Balaban J connectivity index is 1.57. The van der Waals surface area contributed by atoms with Gasteiger partial charge < -0.3 is 5.32 Å². The van der Waals surface area contributed by atoms with E-state index in [0.29, 0.717) is 31.0 Å². The van der Waals surface area contributed by atoms with E-state index in [1.807, 2.05) is 19.1 Å². The molecule has 1 aliphatic rings. The number of nitrogens with one attached hydrogen (secondary N) is 1. The molecule has 1 saturated heterocycles. The lowest BCUT2D eigenvalue weighted by Crippen LogP contribution is -2.43. The van der Waals surface area contributed by atoms with Crippen molar-refractivity contribution in [3.63, 3.8) is 0 Å². The standard InChI is InChI=1S/C20H22BrClN2O3S/c1-14(15-2-6-18(22)7-3-15)23-20(25)16-10-12-24(13-11-16)28(26,27)19-8-4-17(21)5-9-19/h2-9,14,16H,10-13H2,1H3,(H,23,25)/t14-/m0/s1.